The monoisotopic (exact) mass is 201 g/mol. The third-order valence-corrected chi connectivity index (χ3v) is 2.40. The molecule has 82 valence electrons. The van der Waals surface area contributed by atoms with Crippen LogP contribution in [-0.4, -0.2) is 36.0 Å². The van der Waals surface area contributed by atoms with Gasteiger partial charge in [-0.25, -0.2) is 0 Å². The second-order valence-electron chi connectivity index (χ2n) is 3.98. The Hall–Kier alpha value is -1.06. The van der Waals surface area contributed by atoms with Crippen molar-refractivity contribution in [2.45, 2.75) is 39.7 Å². The number of carbonyl (C=O) groups excluding carboxylic acids is 2. The van der Waals surface area contributed by atoms with Gasteiger partial charge in [0.2, 0.25) is 5.91 Å². The minimum absolute atomic E-state index is 0.0119. The number of hydrogen-bond donors (Lipinski definition) is 0. The summed E-state index contributed by atoms with van der Waals surface area (Å²) in [7, 11) is 1.75. The molecular weight excluding hydrogens is 182 g/mol. The first-order chi connectivity index (χ1) is 6.27. The van der Waals surface area contributed by atoms with E-state index in [1.807, 2.05) is 13.8 Å². The van der Waals surface area contributed by atoms with Crippen molar-refractivity contribution < 1.29 is 14.3 Å². The average Bonchev–Trinajstić information content (AvgIpc) is 2.01. The van der Waals surface area contributed by atoms with Gasteiger partial charge in [0, 0.05) is 32.9 Å². The summed E-state index contributed by atoms with van der Waals surface area (Å²) in [6.07, 6.45) is 0.642. The Balaban J connectivity index is 4.06. The van der Waals surface area contributed by atoms with Gasteiger partial charge in [-0.2, -0.15) is 0 Å². The molecule has 0 spiro atoms. The van der Waals surface area contributed by atoms with Crippen molar-refractivity contribution in [1.82, 2.24) is 4.90 Å². The van der Waals surface area contributed by atoms with E-state index in [-0.39, 0.29) is 17.4 Å². The van der Waals surface area contributed by atoms with Gasteiger partial charge in [0.15, 0.2) is 0 Å². The van der Waals surface area contributed by atoms with Crippen LogP contribution in [0.5, 0.6) is 0 Å². The van der Waals surface area contributed by atoms with Gasteiger partial charge in [0.1, 0.15) is 0 Å². The van der Waals surface area contributed by atoms with Crippen LogP contribution >= 0.6 is 0 Å². The van der Waals surface area contributed by atoms with Gasteiger partial charge in [0.25, 0.3) is 0 Å². The van der Waals surface area contributed by atoms with Crippen LogP contribution < -0.4 is 0 Å². The molecule has 0 heterocycles. The molecule has 0 rings (SSSR count). The number of esters is 1. The Morgan fingerprint density at radius 3 is 2.14 bits per heavy atom. The zero-order valence-corrected chi connectivity index (χ0v) is 9.59. The van der Waals surface area contributed by atoms with Crippen LogP contribution in [-0.2, 0) is 14.3 Å². The van der Waals surface area contributed by atoms with Crippen LogP contribution in [0.25, 0.3) is 0 Å². The Morgan fingerprint density at radius 1 is 1.29 bits per heavy atom. The summed E-state index contributed by atoms with van der Waals surface area (Å²) in [5.41, 5.74) is -0.277. The largest absolute Gasteiger partial charge is 0.466 e. The van der Waals surface area contributed by atoms with Crippen LogP contribution in [0.1, 0.15) is 34.1 Å². The normalized spacial score (nSPS) is 10.9. The van der Waals surface area contributed by atoms with Gasteiger partial charge >= 0.3 is 5.97 Å². The van der Waals surface area contributed by atoms with Gasteiger partial charge in [-0.05, 0) is 13.8 Å². The highest BCUT2D eigenvalue weighted by atomic mass is 16.5. The van der Waals surface area contributed by atoms with Gasteiger partial charge in [-0.3, -0.25) is 9.59 Å². The molecule has 1 amide bonds. The Morgan fingerprint density at radius 2 is 1.79 bits per heavy atom. The fourth-order valence-electron chi connectivity index (χ4n) is 1.04. The van der Waals surface area contributed by atoms with Gasteiger partial charge in [0.05, 0.1) is 6.61 Å². The molecule has 0 aliphatic rings. The van der Waals surface area contributed by atoms with Gasteiger partial charge in [-0.1, -0.05) is 0 Å². The molecule has 0 aromatic heterocycles. The van der Waals surface area contributed by atoms with Crippen LogP contribution in [0.15, 0.2) is 0 Å². The summed E-state index contributed by atoms with van der Waals surface area (Å²) in [4.78, 5) is 23.3. The lowest BCUT2D eigenvalue weighted by Crippen LogP contribution is -2.44. The molecule has 0 bridgehead atoms. The molecule has 4 nitrogen and oxygen atoms in total. The quantitative estimate of drug-likeness (QED) is 0.642. The highest BCUT2D eigenvalue weighted by Gasteiger charge is 2.25. The molecule has 0 aliphatic carbocycles. The molecule has 4 heteroatoms. The van der Waals surface area contributed by atoms with Crippen molar-refractivity contribution >= 4 is 11.9 Å². The molecule has 0 fully saturated rings. The lowest BCUT2D eigenvalue weighted by molar-refractivity contribution is -0.142. The summed E-state index contributed by atoms with van der Waals surface area (Å²) >= 11 is 0. The predicted molar refractivity (Wildman–Crippen MR) is 53.8 cm³/mol. The maximum absolute atomic E-state index is 11.1. The van der Waals surface area contributed by atoms with E-state index in [1.165, 1.54) is 13.8 Å². The Kier molecular flexibility index (Phi) is 4.60. The standard InChI is InChI=1S/C10H19NO3/c1-8(12)11(5)10(3,4)6-7-14-9(2)13/h6-7H2,1-5H3. The number of rotatable bonds is 4. The zero-order chi connectivity index (χ0) is 11.4. The third kappa shape index (κ3) is 4.25. The van der Waals surface area contributed by atoms with E-state index in [0.717, 1.165) is 0 Å². The SMILES string of the molecule is CC(=O)OCCC(C)(C)N(C)C(C)=O. The summed E-state index contributed by atoms with van der Waals surface area (Å²) in [6.45, 7) is 7.13. The van der Waals surface area contributed by atoms with Crippen LogP contribution in [0.2, 0.25) is 0 Å². The summed E-state index contributed by atoms with van der Waals surface area (Å²) in [5, 5.41) is 0. The summed E-state index contributed by atoms with van der Waals surface area (Å²) in [5.74, 6) is -0.274. The molecule has 0 aromatic carbocycles. The molecule has 0 atom stereocenters. The fourth-order valence-corrected chi connectivity index (χ4v) is 1.04. The second-order valence-corrected chi connectivity index (χ2v) is 3.98. The first kappa shape index (κ1) is 12.9. The van der Waals surface area contributed by atoms with Crippen molar-refractivity contribution in [3.8, 4) is 0 Å². The van der Waals surface area contributed by atoms with E-state index in [1.54, 1.807) is 11.9 Å². The Labute approximate surface area is 85.2 Å². The number of amides is 1. The van der Waals surface area contributed by atoms with Crippen molar-refractivity contribution in [3.05, 3.63) is 0 Å². The maximum Gasteiger partial charge on any atom is 0.302 e. The van der Waals surface area contributed by atoms with E-state index in [4.69, 9.17) is 4.74 Å². The number of hydrogen-bond acceptors (Lipinski definition) is 3. The molecule has 0 radical (unpaired) electrons. The minimum atomic E-state index is -0.286. The molecule has 0 aromatic rings. The topological polar surface area (TPSA) is 46.6 Å². The summed E-state index contributed by atoms with van der Waals surface area (Å²) in [6, 6.07) is 0. The highest BCUT2D eigenvalue weighted by molar-refractivity contribution is 5.73. The maximum atomic E-state index is 11.1. The number of ether oxygens (including phenoxy) is 1. The number of nitrogens with zero attached hydrogens (tertiary/aromatic N) is 1. The Bertz CT molecular complexity index is 223. The van der Waals surface area contributed by atoms with Crippen molar-refractivity contribution in [1.29, 1.82) is 0 Å². The van der Waals surface area contributed by atoms with Gasteiger partial charge in [-0.15, -0.1) is 0 Å². The summed E-state index contributed by atoms with van der Waals surface area (Å²) < 4.78 is 4.83. The molecule has 0 saturated heterocycles. The van der Waals surface area contributed by atoms with Crippen molar-refractivity contribution in [3.63, 3.8) is 0 Å². The van der Waals surface area contributed by atoms with Crippen molar-refractivity contribution in [2.24, 2.45) is 0 Å². The van der Waals surface area contributed by atoms with Gasteiger partial charge < -0.3 is 9.64 Å². The van der Waals surface area contributed by atoms with Crippen LogP contribution in [0, 0.1) is 0 Å². The number of carbonyl (C=O) groups is 2. The molecular formula is C10H19NO3. The molecule has 0 saturated carbocycles. The van der Waals surface area contributed by atoms with Crippen LogP contribution in [0.4, 0.5) is 0 Å². The van der Waals surface area contributed by atoms with E-state index < -0.39 is 0 Å². The van der Waals surface area contributed by atoms with E-state index in [0.29, 0.717) is 13.0 Å². The van der Waals surface area contributed by atoms with E-state index in [2.05, 4.69) is 0 Å². The third-order valence-electron chi connectivity index (χ3n) is 2.40. The lowest BCUT2D eigenvalue weighted by atomic mass is 9.99. The first-order valence-corrected chi connectivity index (χ1v) is 4.65. The van der Waals surface area contributed by atoms with E-state index >= 15 is 0 Å². The minimum Gasteiger partial charge on any atom is -0.466 e. The van der Waals surface area contributed by atoms with Crippen molar-refractivity contribution in [2.75, 3.05) is 13.7 Å². The zero-order valence-electron chi connectivity index (χ0n) is 9.59. The molecule has 14 heavy (non-hydrogen) atoms. The smallest absolute Gasteiger partial charge is 0.302 e. The molecule has 0 N–H and O–H groups in total. The predicted octanol–water partition coefficient (Wildman–Crippen LogP) is 1.20. The molecule has 0 aliphatic heterocycles. The van der Waals surface area contributed by atoms with Crippen LogP contribution in [0.3, 0.4) is 0 Å². The first-order valence-electron chi connectivity index (χ1n) is 4.65. The van der Waals surface area contributed by atoms with E-state index in [9.17, 15) is 9.59 Å². The fraction of sp³-hybridized carbons (Fsp3) is 0.800. The molecule has 0 unspecified atom stereocenters. The lowest BCUT2D eigenvalue weighted by Gasteiger charge is -2.34. The highest BCUT2D eigenvalue weighted by Crippen LogP contribution is 2.16. The average molecular weight is 201 g/mol. The second kappa shape index (κ2) is 4.98.